The van der Waals surface area contributed by atoms with Crippen LogP contribution in [0.15, 0.2) is 36.5 Å². The summed E-state index contributed by atoms with van der Waals surface area (Å²) >= 11 is 0. The van der Waals surface area contributed by atoms with Crippen LogP contribution in [-0.4, -0.2) is 10.9 Å². The average molecular weight is 240 g/mol. The topological polar surface area (TPSA) is 42.0 Å². The number of rotatable bonds is 2. The lowest BCUT2D eigenvalue weighted by Gasteiger charge is -2.36. The molecular formula is C15H16N2O. The largest absolute Gasteiger partial charge is 0.324 e. The van der Waals surface area contributed by atoms with Crippen LogP contribution in [0.25, 0.3) is 10.9 Å². The Bertz CT molecular complexity index is 597. The number of para-hydroxylation sites is 1. The molecule has 3 nitrogen and oxygen atoms in total. The predicted molar refractivity (Wildman–Crippen MR) is 72.3 cm³/mol. The van der Waals surface area contributed by atoms with E-state index in [4.69, 9.17) is 0 Å². The van der Waals surface area contributed by atoms with Crippen molar-refractivity contribution >= 4 is 22.5 Å². The zero-order chi connectivity index (χ0) is 12.6. The first kappa shape index (κ1) is 11.2. The molecular weight excluding hydrogens is 224 g/mol. The monoisotopic (exact) mass is 240 g/mol. The Balaban J connectivity index is 1.93. The van der Waals surface area contributed by atoms with Gasteiger partial charge in [-0.05, 0) is 25.0 Å². The summed E-state index contributed by atoms with van der Waals surface area (Å²) in [4.78, 5) is 16.6. The Hall–Kier alpha value is -1.90. The molecule has 0 spiro atoms. The minimum Gasteiger partial charge on any atom is -0.324 e. The number of nitrogens with one attached hydrogen (secondary N) is 1. The number of nitrogens with zero attached hydrogens (tertiary/aromatic N) is 1. The summed E-state index contributed by atoms with van der Waals surface area (Å²) in [7, 11) is 0. The molecule has 18 heavy (non-hydrogen) atoms. The average Bonchev–Trinajstić information content (AvgIpc) is 2.36. The maximum Gasteiger partial charge on any atom is 0.230 e. The van der Waals surface area contributed by atoms with Crippen LogP contribution < -0.4 is 5.32 Å². The van der Waals surface area contributed by atoms with Crippen molar-refractivity contribution in [2.75, 3.05) is 5.32 Å². The standard InChI is InChI=1S/C15H16N2O/c1-15(8-4-9-15)14(18)17-12-7-2-5-11-6-3-10-16-13(11)12/h2-3,5-7,10H,4,8-9H2,1H3,(H,17,18). The molecule has 1 amide bonds. The van der Waals surface area contributed by atoms with Gasteiger partial charge in [0.25, 0.3) is 0 Å². The molecule has 0 radical (unpaired) electrons. The zero-order valence-electron chi connectivity index (χ0n) is 10.4. The fraction of sp³-hybridized carbons (Fsp3) is 0.333. The number of fused-ring (bicyclic) bond motifs is 1. The molecule has 0 saturated heterocycles. The highest BCUT2D eigenvalue weighted by atomic mass is 16.2. The molecule has 0 bridgehead atoms. The fourth-order valence-corrected chi connectivity index (χ4v) is 2.41. The fourth-order valence-electron chi connectivity index (χ4n) is 2.41. The first-order valence-electron chi connectivity index (χ1n) is 6.34. The third kappa shape index (κ3) is 1.76. The van der Waals surface area contributed by atoms with Gasteiger partial charge in [0.05, 0.1) is 11.2 Å². The highest BCUT2D eigenvalue weighted by molar-refractivity contribution is 6.02. The number of hydrogen-bond donors (Lipinski definition) is 1. The second-order valence-electron chi connectivity index (χ2n) is 5.25. The Morgan fingerprint density at radius 3 is 2.78 bits per heavy atom. The molecule has 0 atom stereocenters. The van der Waals surface area contributed by atoms with Gasteiger partial charge in [-0.2, -0.15) is 0 Å². The number of carbonyl (C=O) groups is 1. The SMILES string of the molecule is CC1(C(=O)Nc2cccc3cccnc23)CCC1. The number of pyridine rings is 1. The van der Waals surface area contributed by atoms with Crippen molar-refractivity contribution in [1.29, 1.82) is 0 Å². The smallest absolute Gasteiger partial charge is 0.230 e. The van der Waals surface area contributed by atoms with Gasteiger partial charge in [0.1, 0.15) is 0 Å². The third-order valence-electron chi connectivity index (χ3n) is 3.89. The Kier molecular flexibility index (Phi) is 2.54. The Morgan fingerprint density at radius 1 is 1.28 bits per heavy atom. The zero-order valence-corrected chi connectivity index (χ0v) is 10.4. The van der Waals surface area contributed by atoms with E-state index in [0.717, 1.165) is 35.9 Å². The summed E-state index contributed by atoms with van der Waals surface area (Å²) in [6.45, 7) is 2.03. The summed E-state index contributed by atoms with van der Waals surface area (Å²) in [6.07, 6.45) is 4.87. The molecule has 1 aliphatic carbocycles. The van der Waals surface area contributed by atoms with Crippen molar-refractivity contribution in [3.05, 3.63) is 36.5 Å². The van der Waals surface area contributed by atoms with E-state index in [1.807, 2.05) is 37.3 Å². The van der Waals surface area contributed by atoms with Crippen molar-refractivity contribution in [1.82, 2.24) is 4.98 Å². The highest BCUT2D eigenvalue weighted by Gasteiger charge is 2.39. The van der Waals surface area contributed by atoms with Crippen molar-refractivity contribution in [3.63, 3.8) is 0 Å². The second kappa shape index (κ2) is 4.09. The lowest BCUT2D eigenvalue weighted by atomic mass is 9.70. The van der Waals surface area contributed by atoms with Crippen LogP contribution in [-0.2, 0) is 4.79 Å². The molecule has 1 aromatic heterocycles. The second-order valence-corrected chi connectivity index (χ2v) is 5.25. The molecule has 1 saturated carbocycles. The van der Waals surface area contributed by atoms with E-state index in [1.54, 1.807) is 6.20 Å². The van der Waals surface area contributed by atoms with E-state index in [9.17, 15) is 4.79 Å². The number of amides is 1. The minimum atomic E-state index is -0.184. The van der Waals surface area contributed by atoms with E-state index in [-0.39, 0.29) is 11.3 Å². The van der Waals surface area contributed by atoms with Crippen LogP contribution in [0.3, 0.4) is 0 Å². The number of benzene rings is 1. The van der Waals surface area contributed by atoms with E-state index in [0.29, 0.717) is 0 Å². The lowest BCUT2D eigenvalue weighted by molar-refractivity contribution is -0.128. The van der Waals surface area contributed by atoms with Gasteiger partial charge in [0.2, 0.25) is 5.91 Å². The van der Waals surface area contributed by atoms with Gasteiger partial charge in [-0.25, -0.2) is 0 Å². The van der Waals surface area contributed by atoms with E-state index < -0.39 is 0 Å². The molecule has 1 aliphatic rings. The highest BCUT2D eigenvalue weighted by Crippen LogP contribution is 2.41. The number of hydrogen-bond acceptors (Lipinski definition) is 2. The van der Waals surface area contributed by atoms with E-state index >= 15 is 0 Å². The summed E-state index contributed by atoms with van der Waals surface area (Å²) < 4.78 is 0. The lowest BCUT2D eigenvalue weighted by Crippen LogP contribution is -2.39. The quantitative estimate of drug-likeness (QED) is 0.874. The summed E-state index contributed by atoms with van der Waals surface area (Å²) in [6, 6.07) is 9.77. The van der Waals surface area contributed by atoms with Gasteiger partial charge in [-0.3, -0.25) is 9.78 Å². The molecule has 3 rings (SSSR count). The van der Waals surface area contributed by atoms with E-state index in [2.05, 4.69) is 10.3 Å². The van der Waals surface area contributed by atoms with Gasteiger partial charge < -0.3 is 5.32 Å². The summed E-state index contributed by atoms with van der Waals surface area (Å²) in [5.74, 6) is 0.118. The number of aromatic nitrogens is 1. The molecule has 0 aliphatic heterocycles. The van der Waals surface area contributed by atoms with E-state index in [1.165, 1.54) is 0 Å². The molecule has 3 heteroatoms. The van der Waals surface area contributed by atoms with Crippen molar-refractivity contribution in [3.8, 4) is 0 Å². The molecule has 92 valence electrons. The van der Waals surface area contributed by atoms with Crippen molar-refractivity contribution < 1.29 is 4.79 Å². The first-order chi connectivity index (χ1) is 8.69. The molecule has 0 unspecified atom stereocenters. The van der Waals surface area contributed by atoms with Gasteiger partial charge in [0, 0.05) is 17.0 Å². The predicted octanol–water partition coefficient (Wildman–Crippen LogP) is 3.36. The minimum absolute atomic E-state index is 0.118. The number of carbonyl (C=O) groups excluding carboxylic acids is 1. The van der Waals surface area contributed by atoms with Crippen LogP contribution in [0.2, 0.25) is 0 Å². The van der Waals surface area contributed by atoms with Crippen LogP contribution >= 0.6 is 0 Å². The maximum atomic E-state index is 12.2. The Morgan fingerprint density at radius 2 is 2.06 bits per heavy atom. The first-order valence-corrected chi connectivity index (χ1v) is 6.34. The summed E-state index contributed by atoms with van der Waals surface area (Å²) in [5.41, 5.74) is 1.49. The molecule has 1 heterocycles. The molecule has 2 aromatic rings. The van der Waals surface area contributed by atoms with Crippen LogP contribution in [0.4, 0.5) is 5.69 Å². The number of anilines is 1. The molecule has 1 fully saturated rings. The van der Waals surface area contributed by atoms with Gasteiger partial charge in [0.15, 0.2) is 0 Å². The van der Waals surface area contributed by atoms with Gasteiger partial charge in [-0.1, -0.05) is 31.5 Å². The third-order valence-corrected chi connectivity index (χ3v) is 3.89. The normalized spacial score (nSPS) is 17.2. The van der Waals surface area contributed by atoms with Gasteiger partial charge in [-0.15, -0.1) is 0 Å². The van der Waals surface area contributed by atoms with Crippen LogP contribution in [0, 0.1) is 5.41 Å². The molecule has 1 aromatic carbocycles. The van der Waals surface area contributed by atoms with Crippen molar-refractivity contribution in [2.45, 2.75) is 26.2 Å². The maximum absolute atomic E-state index is 12.2. The molecule has 1 N–H and O–H groups in total. The van der Waals surface area contributed by atoms with Gasteiger partial charge >= 0.3 is 0 Å². The van der Waals surface area contributed by atoms with Crippen LogP contribution in [0.5, 0.6) is 0 Å². The summed E-state index contributed by atoms with van der Waals surface area (Å²) in [5, 5.41) is 4.08. The Labute approximate surface area is 106 Å². The van der Waals surface area contributed by atoms with Crippen LogP contribution in [0.1, 0.15) is 26.2 Å². The van der Waals surface area contributed by atoms with Crippen molar-refractivity contribution in [2.24, 2.45) is 5.41 Å².